The van der Waals surface area contributed by atoms with Gasteiger partial charge in [0.2, 0.25) is 0 Å². The fourth-order valence-corrected chi connectivity index (χ4v) is 3.28. The number of hydrogen-bond acceptors (Lipinski definition) is 3. The van der Waals surface area contributed by atoms with E-state index in [1.165, 1.54) is 6.54 Å². The van der Waals surface area contributed by atoms with Crippen LogP contribution in [0.1, 0.15) is 32.3 Å². The first kappa shape index (κ1) is 20.3. The monoisotopic (exact) mass is 358 g/mol. The predicted molar refractivity (Wildman–Crippen MR) is 110 cm³/mol. The summed E-state index contributed by atoms with van der Waals surface area (Å²) in [5, 5.41) is 6.98. The third-order valence-corrected chi connectivity index (χ3v) is 4.55. The standard InChI is InChI=1S/C21H34N4O/c1-5-14-26-20-9-7-6-8-18(20)15-23-21(22-4)24-19-10-12-25(13-11-19)16-17(2)3/h5-9,17,19H,1,10-16H2,2-4H3,(H2,22,23,24). The van der Waals surface area contributed by atoms with E-state index in [9.17, 15) is 0 Å². The molecular formula is C21H34N4O. The van der Waals surface area contributed by atoms with E-state index in [0.29, 0.717) is 19.2 Å². The smallest absolute Gasteiger partial charge is 0.191 e. The van der Waals surface area contributed by atoms with Gasteiger partial charge in [0.1, 0.15) is 12.4 Å². The van der Waals surface area contributed by atoms with Gasteiger partial charge in [0, 0.05) is 44.8 Å². The molecule has 0 bridgehead atoms. The Balaban J connectivity index is 1.81. The molecule has 0 saturated carbocycles. The zero-order valence-corrected chi connectivity index (χ0v) is 16.5. The average molecular weight is 359 g/mol. The van der Waals surface area contributed by atoms with E-state index in [0.717, 1.165) is 49.1 Å². The molecule has 0 unspecified atom stereocenters. The van der Waals surface area contributed by atoms with Crippen LogP contribution in [0, 0.1) is 5.92 Å². The number of likely N-dealkylation sites (tertiary alicyclic amines) is 1. The summed E-state index contributed by atoms with van der Waals surface area (Å²) in [6, 6.07) is 8.56. The van der Waals surface area contributed by atoms with Crippen LogP contribution < -0.4 is 15.4 Å². The van der Waals surface area contributed by atoms with Crippen molar-refractivity contribution >= 4 is 5.96 Å². The van der Waals surface area contributed by atoms with E-state index in [1.807, 2.05) is 25.2 Å². The van der Waals surface area contributed by atoms with Crippen LogP contribution in [0.25, 0.3) is 0 Å². The molecule has 0 amide bonds. The lowest BCUT2D eigenvalue weighted by atomic mass is 10.0. The number of guanidine groups is 1. The molecule has 26 heavy (non-hydrogen) atoms. The molecule has 1 aliphatic rings. The summed E-state index contributed by atoms with van der Waals surface area (Å²) in [6.45, 7) is 13.0. The summed E-state index contributed by atoms with van der Waals surface area (Å²) in [6.07, 6.45) is 4.08. The molecule has 1 saturated heterocycles. The predicted octanol–water partition coefficient (Wildman–Crippen LogP) is 3.04. The normalized spacial score (nSPS) is 16.5. The van der Waals surface area contributed by atoms with E-state index >= 15 is 0 Å². The van der Waals surface area contributed by atoms with Gasteiger partial charge in [-0.15, -0.1) is 0 Å². The first-order chi connectivity index (χ1) is 12.6. The minimum absolute atomic E-state index is 0.483. The van der Waals surface area contributed by atoms with Crippen LogP contribution in [-0.2, 0) is 6.54 Å². The Bertz CT molecular complexity index is 577. The summed E-state index contributed by atoms with van der Waals surface area (Å²) in [4.78, 5) is 6.94. The zero-order chi connectivity index (χ0) is 18.8. The van der Waals surface area contributed by atoms with Gasteiger partial charge < -0.3 is 20.3 Å². The van der Waals surface area contributed by atoms with Crippen molar-refractivity contribution in [3.05, 3.63) is 42.5 Å². The molecule has 2 N–H and O–H groups in total. The largest absolute Gasteiger partial charge is 0.489 e. The average Bonchev–Trinajstić information content (AvgIpc) is 2.65. The second-order valence-electron chi connectivity index (χ2n) is 7.25. The van der Waals surface area contributed by atoms with Crippen molar-refractivity contribution in [1.82, 2.24) is 15.5 Å². The molecule has 1 heterocycles. The highest BCUT2D eigenvalue weighted by Crippen LogP contribution is 2.17. The number of aliphatic imine (C=N–C) groups is 1. The number of nitrogens with one attached hydrogen (secondary N) is 2. The highest BCUT2D eigenvalue weighted by molar-refractivity contribution is 5.80. The van der Waals surface area contributed by atoms with Crippen LogP contribution in [-0.4, -0.2) is 50.2 Å². The Kier molecular flexibility index (Phi) is 8.48. The van der Waals surface area contributed by atoms with Crippen molar-refractivity contribution in [3.63, 3.8) is 0 Å². The Labute approximate surface area is 158 Å². The van der Waals surface area contributed by atoms with Gasteiger partial charge in [-0.05, 0) is 24.8 Å². The maximum absolute atomic E-state index is 5.72. The molecule has 0 aromatic heterocycles. The van der Waals surface area contributed by atoms with Crippen molar-refractivity contribution in [2.75, 3.05) is 33.3 Å². The molecule has 0 aliphatic carbocycles. The van der Waals surface area contributed by atoms with Gasteiger partial charge >= 0.3 is 0 Å². The molecule has 2 rings (SSSR count). The fraction of sp³-hybridized carbons (Fsp3) is 0.571. The molecule has 0 atom stereocenters. The van der Waals surface area contributed by atoms with Crippen molar-refractivity contribution < 1.29 is 4.74 Å². The zero-order valence-electron chi connectivity index (χ0n) is 16.5. The van der Waals surface area contributed by atoms with E-state index in [1.54, 1.807) is 6.08 Å². The maximum Gasteiger partial charge on any atom is 0.191 e. The van der Waals surface area contributed by atoms with Gasteiger partial charge in [0.05, 0.1) is 0 Å². The number of benzene rings is 1. The second-order valence-corrected chi connectivity index (χ2v) is 7.25. The summed E-state index contributed by atoms with van der Waals surface area (Å²) >= 11 is 0. The quantitative estimate of drug-likeness (QED) is 0.426. The lowest BCUT2D eigenvalue weighted by molar-refractivity contribution is 0.187. The summed E-state index contributed by atoms with van der Waals surface area (Å²) in [5.41, 5.74) is 1.11. The first-order valence-electron chi connectivity index (χ1n) is 9.63. The lowest BCUT2D eigenvalue weighted by Crippen LogP contribution is -2.49. The summed E-state index contributed by atoms with van der Waals surface area (Å²) < 4.78 is 5.72. The molecule has 1 aromatic rings. The Morgan fingerprint density at radius 3 is 2.73 bits per heavy atom. The molecule has 1 aliphatic heterocycles. The van der Waals surface area contributed by atoms with Crippen LogP contribution in [0.5, 0.6) is 5.75 Å². The van der Waals surface area contributed by atoms with Crippen LogP contribution in [0.15, 0.2) is 41.9 Å². The van der Waals surface area contributed by atoms with Gasteiger partial charge in [-0.3, -0.25) is 4.99 Å². The van der Waals surface area contributed by atoms with Crippen LogP contribution in [0.2, 0.25) is 0 Å². The number of hydrogen-bond donors (Lipinski definition) is 2. The van der Waals surface area contributed by atoms with Gasteiger partial charge in [-0.25, -0.2) is 0 Å². The molecule has 0 spiro atoms. The molecule has 5 nitrogen and oxygen atoms in total. The highest BCUT2D eigenvalue weighted by atomic mass is 16.5. The minimum atomic E-state index is 0.483. The SMILES string of the molecule is C=CCOc1ccccc1CNC(=NC)NC1CCN(CC(C)C)CC1. The molecule has 1 fully saturated rings. The highest BCUT2D eigenvalue weighted by Gasteiger charge is 2.20. The van der Waals surface area contributed by atoms with Gasteiger partial charge in [0.15, 0.2) is 5.96 Å². The number of rotatable bonds is 8. The topological polar surface area (TPSA) is 48.9 Å². The van der Waals surface area contributed by atoms with Gasteiger partial charge in [-0.2, -0.15) is 0 Å². The summed E-state index contributed by atoms with van der Waals surface area (Å²) in [5.74, 6) is 2.47. The number of para-hydroxylation sites is 1. The van der Waals surface area contributed by atoms with Crippen molar-refractivity contribution in [2.45, 2.75) is 39.3 Å². The maximum atomic E-state index is 5.72. The minimum Gasteiger partial charge on any atom is -0.489 e. The molecular weight excluding hydrogens is 324 g/mol. The Morgan fingerprint density at radius 2 is 2.08 bits per heavy atom. The van der Waals surface area contributed by atoms with Crippen molar-refractivity contribution in [3.8, 4) is 5.75 Å². The number of ether oxygens (including phenoxy) is 1. The molecule has 0 radical (unpaired) electrons. The van der Waals surface area contributed by atoms with E-state index in [2.05, 4.69) is 47.0 Å². The number of piperidine rings is 1. The lowest BCUT2D eigenvalue weighted by Gasteiger charge is -2.34. The van der Waals surface area contributed by atoms with Crippen molar-refractivity contribution in [2.24, 2.45) is 10.9 Å². The summed E-state index contributed by atoms with van der Waals surface area (Å²) in [7, 11) is 1.82. The van der Waals surface area contributed by atoms with E-state index in [-0.39, 0.29) is 0 Å². The Morgan fingerprint density at radius 1 is 1.35 bits per heavy atom. The Hall–Kier alpha value is -2.01. The van der Waals surface area contributed by atoms with Crippen LogP contribution in [0.3, 0.4) is 0 Å². The van der Waals surface area contributed by atoms with Crippen LogP contribution in [0.4, 0.5) is 0 Å². The second kappa shape index (κ2) is 10.9. The first-order valence-corrected chi connectivity index (χ1v) is 9.63. The van der Waals surface area contributed by atoms with Gasteiger partial charge in [-0.1, -0.05) is 44.7 Å². The third-order valence-electron chi connectivity index (χ3n) is 4.55. The van der Waals surface area contributed by atoms with Crippen LogP contribution >= 0.6 is 0 Å². The van der Waals surface area contributed by atoms with E-state index < -0.39 is 0 Å². The molecule has 1 aromatic carbocycles. The van der Waals surface area contributed by atoms with Gasteiger partial charge in [0.25, 0.3) is 0 Å². The number of nitrogens with zero attached hydrogens (tertiary/aromatic N) is 2. The van der Waals surface area contributed by atoms with Crippen molar-refractivity contribution in [1.29, 1.82) is 0 Å². The van der Waals surface area contributed by atoms with E-state index in [4.69, 9.17) is 4.74 Å². The fourth-order valence-electron chi connectivity index (χ4n) is 3.28. The molecule has 144 valence electrons. The third kappa shape index (κ3) is 6.71. The molecule has 5 heteroatoms.